The fraction of sp³-hybridized carbons (Fsp3) is 0.600. The summed E-state index contributed by atoms with van der Waals surface area (Å²) in [5, 5.41) is 6.58. The van der Waals surface area contributed by atoms with Crippen molar-refractivity contribution in [2.24, 2.45) is 5.92 Å². The van der Waals surface area contributed by atoms with Gasteiger partial charge in [0.2, 0.25) is 5.91 Å². The molecule has 2 aliphatic rings. The van der Waals surface area contributed by atoms with Crippen LogP contribution in [0.15, 0.2) is 24.4 Å². The van der Waals surface area contributed by atoms with Gasteiger partial charge >= 0.3 is 0 Å². The molecule has 0 aromatic carbocycles. The smallest absolute Gasteiger partial charge is 0.220 e. The number of rotatable bonds is 4. The molecule has 0 aliphatic carbocycles. The van der Waals surface area contributed by atoms with E-state index in [1.54, 1.807) is 6.20 Å². The van der Waals surface area contributed by atoms with Crippen LogP contribution in [0.3, 0.4) is 0 Å². The largest absolute Gasteiger partial charge is 0.350 e. The Morgan fingerprint density at radius 1 is 1.32 bits per heavy atom. The van der Waals surface area contributed by atoms with E-state index in [-0.39, 0.29) is 5.91 Å². The van der Waals surface area contributed by atoms with Crippen molar-refractivity contribution in [1.82, 2.24) is 15.6 Å². The van der Waals surface area contributed by atoms with Crippen LogP contribution in [-0.4, -0.2) is 23.0 Å². The van der Waals surface area contributed by atoms with Crippen LogP contribution in [0.1, 0.15) is 37.8 Å². The van der Waals surface area contributed by atoms with E-state index in [4.69, 9.17) is 0 Å². The Labute approximate surface area is 114 Å². The number of amides is 1. The first-order valence-corrected chi connectivity index (χ1v) is 7.22. The summed E-state index contributed by atoms with van der Waals surface area (Å²) in [4.78, 5) is 16.2. The number of hydrogen-bond donors (Lipinski definition) is 2. The quantitative estimate of drug-likeness (QED) is 0.864. The molecule has 2 fully saturated rings. The van der Waals surface area contributed by atoms with Crippen LogP contribution < -0.4 is 10.6 Å². The number of piperidine rings is 1. The zero-order chi connectivity index (χ0) is 13.1. The second kappa shape index (κ2) is 5.70. The maximum absolute atomic E-state index is 12.0. The first-order chi connectivity index (χ1) is 9.29. The van der Waals surface area contributed by atoms with Crippen LogP contribution in [0.4, 0.5) is 0 Å². The van der Waals surface area contributed by atoms with Gasteiger partial charge in [-0.05, 0) is 43.7 Å². The van der Waals surface area contributed by atoms with Crippen LogP contribution in [0.2, 0.25) is 0 Å². The summed E-state index contributed by atoms with van der Waals surface area (Å²) in [5.41, 5.74) is 0.918. The van der Waals surface area contributed by atoms with Gasteiger partial charge in [-0.3, -0.25) is 9.78 Å². The van der Waals surface area contributed by atoms with Gasteiger partial charge in [-0.15, -0.1) is 0 Å². The fourth-order valence-electron chi connectivity index (χ4n) is 3.37. The first-order valence-electron chi connectivity index (χ1n) is 7.22. The van der Waals surface area contributed by atoms with Crippen molar-refractivity contribution in [3.8, 4) is 0 Å². The zero-order valence-electron chi connectivity index (χ0n) is 11.1. The van der Waals surface area contributed by atoms with Crippen LogP contribution in [-0.2, 0) is 11.3 Å². The monoisotopic (exact) mass is 259 g/mol. The molecule has 1 aromatic rings. The van der Waals surface area contributed by atoms with Crippen LogP contribution >= 0.6 is 0 Å². The number of fused-ring (bicyclic) bond motifs is 2. The number of carbonyl (C=O) groups excluding carboxylic acids is 1. The molecule has 2 unspecified atom stereocenters. The topological polar surface area (TPSA) is 54.0 Å². The summed E-state index contributed by atoms with van der Waals surface area (Å²) in [6.45, 7) is 0.539. The Morgan fingerprint density at radius 2 is 2.11 bits per heavy atom. The average molecular weight is 259 g/mol. The Morgan fingerprint density at radius 3 is 2.79 bits per heavy atom. The molecule has 1 amide bonds. The standard InChI is InChI=1S/C15H21N3O/c19-15(17-10-14-3-1-2-6-16-14)9-11-7-12-4-5-13(8-11)18-12/h1-3,6,11-13,18H,4-5,7-10H2,(H,17,19). The normalized spacial score (nSPS) is 29.2. The highest BCUT2D eigenvalue weighted by molar-refractivity contribution is 5.76. The lowest BCUT2D eigenvalue weighted by Gasteiger charge is -2.28. The van der Waals surface area contributed by atoms with Crippen molar-refractivity contribution < 1.29 is 4.79 Å². The van der Waals surface area contributed by atoms with E-state index in [1.165, 1.54) is 12.8 Å². The van der Waals surface area contributed by atoms with E-state index in [0.717, 1.165) is 18.5 Å². The number of aromatic nitrogens is 1. The number of nitrogens with one attached hydrogen (secondary N) is 2. The van der Waals surface area contributed by atoms with Gasteiger partial charge in [-0.1, -0.05) is 6.07 Å². The highest BCUT2D eigenvalue weighted by atomic mass is 16.1. The van der Waals surface area contributed by atoms with Gasteiger partial charge in [0, 0.05) is 24.7 Å². The Balaban J connectivity index is 1.44. The second-order valence-electron chi connectivity index (χ2n) is 5.78. The third kappa shape index (κ3) is 3.32. The number of carbonyl (C=O) groups is 1. The third-order valence-electron chi connectivity index (χ3n) is 4.24. The highest BCUT2D eigenvalue weighted by Crippen LogP contribution is 2.32. The van der Waals surface area contributed by atoms with Crippen molar-refractivity contribution in [2.75, 3.05) is 0 Å². The molecule has 2 bridgehead atoms. The Kier molecular flexibility index (Phi) is 3.78. The minimum absolute atomic E-state index is 0.164. The van der Waals surface area contributed by atoms with E-state index < -0.39 is 0 Å². The molecule has 0 saturated carbocycles. The lowest BCUT2D eigenvalue weighted by molar-refractivity contribution is -0.122. The predicted octanol–water partition coefficient (Wildman–Crippen LogP) is 1.62. The summed E-state index contributed by atoms with van der Waals surface area (Å²) in [5.74, 6) is 0.722. The molecule has 2 saturated heterocycles. The third-order valence-corrected chi connectivity index (χ3v) is 4.24. The van der Waals surface area contributed by atoms with Crippen LogP contribution in [0, 0.1) is 5.92 Å². The predicted molar refractivity (Wildman–Crippen MR) is 73.4 cm³/mol. The van der Waals surface area contributed by atoms with E-state index in [1.807, 2.05) is 18.2 Å². The van der Waals surface area contributed by atoms with E-state index in [9.17, 15) is 4.79 Å². The van der Waals surface area contributed by atoms with Gasteiger partial charge in [-0.2, -0.15) is 0 Å². The highest BCUT2D eigenvalue weighted by Gasteiger charge is 2.34. The van der Waals surface area contributed by atoms with Gasteiger partial charge in [0.15, 0.2) is 0 Å². The van der Waals surface area contributed by atoms with Crippen molar-refractivity contribution in [2.45, 2.75) is 50.7 Å². The van der Waals surface area contributed by atoms with Crippen LogP contribution in [0.5, 0.6) is 0 Å². The van der Waals surface area contributed by atoms with Gasteiger partial charge in [0.25, 0.3) is 0 Å². The van der Waals surface area contributed by atoms with Crippen molar-refractivity contribution in [3.05, 3.63) is 30.1 Å². The molecular formula is C15H21N3O. The number of pyridine rings is 1. The molecule has 0 radical (unpaired) electrons. The molecule has 2 aliphatic heterocycles. The first kappa shape index (κ1) is 12.6. The van der Waals surface area contributed by atoms with Crippen molar-refractivity contribution >= 4 is 5.91 Å². The summed E-state index contributed by atoms with van der Waals surface area (Å²) in [6, 6.07) is 7.08. The molecule has 2 N–H and O–H groups in total. The zero-order valence-corrected chi connectivity index (χ0v) is 11.1. The fourth-order valence-corrected chi connectivity index (χ4v) is 3.37. The molecule has 3 rings (SSSR count). The van der Waals surface area contributed by atoms with Gasteiger partial charge < -0.3 is 10.6 Å². The van der Waals surface area contributed by atoms with E-state index in [2.05, 4.69) is 15.6 Å². The molecule has 0 spiro atoms. The molecule has 1 aromatic heterocycles. The Hall–Kier alpha value is -1.42. The molecule has 4 nitrogen and oxygen atoms in total. The molecule has 2 atom stereocenters. The number of hydrogen-bond acceptors (Lipinski definition) is 3. The molecule has 102 valence electrons. The summed E-state index contributed by atoms with van der Waals surface area (Å²) in [6.07, 6.45) is 7.32. The van der Waals surface area contributed by atoms with E-state index >= 15 is 0 Å². The Bertz CT molecular complexity index is 422. The van der Waals surface area contributed by atoms with Crippen LogP contribution in [0.25, 0.3) is 0 Å². The minimum Gasteiger partial charge on any atom is -0.350 e. The summed E-state index contributed by atoms with van der Waals surface area (Å²) < 4.78 is 0. The van der Waals surface area contributed by atoms with Crippen molar-refractivity contribution in [3.63, 3.8) is 0 Å². The van der Waals surface area contributed by atoms with Gasteiger partial charge in [-0.25, -0.2) is 0 Å². The lowest BCUT2D eigenvalue weighted by Crippen LogP contribution is -2.39. The van der Waals surface area contributed by atoms with Gasteiger partial charge in [0.05, 0.1) is 12.2 Å². The summed E-state index contributed by atoms with van der Waals surface area (Å²) in [7, 11) is 0. The molecular weight excluding hydrogens is 238 g/mol. The average Bonchev–Trinajstić information content (AvgIpc) is 2.77. The molecule has 3 heterocycles. The molecule has 4 heteroatoms. The summed E-state index contributed by atoms with van der Waals surface area (Å²) >= 11 is 0. The van der Waals surface area contributed by atoms with Crippen molar-refractivity contribution in [1.29, 1.82) is 0 Å². The maximum atomic E-state index is 12.0. The number of nitrogens with zero attached hydrogens (tertiary/aromatic N) is 1. The minimum atomic E-state index is 0.164. The maximum Gasteiger partial charge on any atom is 0.220 e. The van der Waals surface area contributed by atoms with E-state index in [0.29, 0.717) is 31.0 Å². The SMILES string of the molecule is O=C(CC1CC2CCC(C1)N2)NCc1ccccn1. The van der Waals surface area contributed by atoms with Gasteiger partial charge in [0.1, 0.15) is 0 Å². The lowest BCUT2D eigenvalue weighted by atomic mass is 9.89. The second-order valence-corrected chi connectivity index (χ2v) is 5.78. The molecule has 19 heavy (non-hydrogen) atoms.